The number of hydrogen-bond acceptors (Lipinski definition) is 7. The molecule has 0 bridgehead atoms. The predicted octanol–water partition coefficient (Wildman–Crippen LogP) is 17.6. The SMILES string of the molecule is c1ccc(C2=NC(c3ccc(-n4c5ccccc5c5c6oc7ccccc7c6c6c(c7ccccc7n6-c6cccc7ccccc67)c54)c(C4=NC(c5ccccc5)=NC(c5ccc(-c6ccccc6)cc5)N4)c3)NC(c3ccccc3)=N2)cc1. The number of nitrogens with zero attached hydrogens (tertiary/aromatic N) is 6. The van der Waals surface area contributed by atoms with Crippen LogP contribution in [-0.2, 0) is 0 Å². The molecule has 2 aliphatic heterocycles. The molecule has 0 saturated heterocycles. The summed E-state index contributed by atoms with van der Waals surface area (Å²) in [6.45, 7) is 0. The summed E-state index contributed by atoms with van der Waals surface area (Å²) < 4.78 is 12.2. The first kappa shape index (κ1) is 48.3. The van der Waals surface area contributed by atoms with Crippen LogP contribution in [0.1, 0.15) is 45.7 Å². The van der Waals surface area contributed by atoms with Crippen molar-refractivity contribution in [1.82, 2.24) is 19.8 Å². The fourth-order valence-electron chi connectivity index (χ4n) is 12.9. The molecule has 0 aliphatic carbocycles. The van der Waals surface area contributed by atoms with Crippen LogP contribution in [0.5, 0.6) is 0 Å². The summed E-state index contributed by atoms with van der Waals surface area (Å²) in [4.78, 5) is 21.6. The third-order valence-electron chi connectivity index (χ3n) is 16.8. The van der Waals surface area contributed by atoms with E-state index in [1.54, 1.807) is 0 Å². The third-order valence-corrected chi connectivity index (χ3v) is 16.8. The first-order valence-electron chi connectivity index (χ1n) is 28.8. The molecule has 0 spiro atoms. The van der Waals surface area contributed by atoms with Gasteiger partial charge in [-0.3, -0.25) is 0 Å². The molecule has 0 fully saturated rings. The van der Waals surface area contributed by atoms with Crippen LogP contribution >= 0.6 is 0 Å². The van der Waals surface area contributed by atoms with Gasteiger partial charge in [0, 0.05) is 49.2 Å². The van der Waals surface area contributed by atoms with E-state index in [0.29, 0.717) is 17.5 Å². The maximum absolute atomic E-state index is 7.29. The number of amidine groups is 4. The molecule has 5 heterocycles. The van der Waals surface area contributed by atoms with Gasteiger partial charge in [-0.05, 0) is 64.0 Å². The zero-order chi connectivity index (χ0) is 56.0. The Bertz CT molecular complexity index is 5280. The van der Waals surface area contributed by atoms with Gasteiger partial charge in [-0.2, -0.15) is 0 Å². The lowest BCUT2D eigenvalue weighted by Crippen LogP contribution is -2.35. The van der Waals surface area contributed by atoms with Gasteiger partial charge in [-0.25, -0.2) is 20.0 Å². The number of para-hydroxylation sites is 3. The second-order valence-electron chi connectivity index (χ2n) is 21.7. The van der Waals surface area contributed by atoms with E-state index >= 15 is 0 Å². The van der Waals surface area contributed by atoms with E-state index in [2.05, 4.69) is 238 Å². The van der Waals surface area contributed by atoms with Gasteiger partial charge >= 0.3 is 0 Å². The van der Waals surface area contributed by atoms with Crippen molar-refractivity contribution >= 4 is 99.7 Å². The zero-order valence-corrected chi connectivity index (χ0v) is 45.8. The van der Waals surface area contributed by atoms with Crippen LogP contribution in [0.4, 0.5) is 0 Å². The number of nitrogens with one attached hydrogen (secondary N) is 2. The van der Waals surface area contributed by atoms with Crippen LogP contribution in [-0.4, -0.2) is 32.5 Å². The summed E-state index contributed by atoms with van der Waals surface area (Å²) in [5.74, 6) is 2.65. The van der Waals surface area contributed by atoms with Crippen LogP contribution < -0.4 is 10.6 Å². The van der Waals surface area contributed by atoms with Gasteiger partial charge in [0.15, 0.2) is 11.7 Å². The Labute approximate surface area is 488 Å². The maximum Gasteiger partial charge on any atom is 0.159 e. The molecule has 400 valence electrons. The maximum atomic E-state index is 7.29. The zero-order valence-electron chi connectivity index (χ0n) is 45.8. The standard InChI is InChI=1S/C76H50N8O/c1-5-22-47(23-6-1)48-40-42-53(43-41-48)74-78-73(52-29-11-4-12-30-52)81-76(82-74)59-46-54(75-79-71(50-25-7-2-8-26-50)77-72(80-75)51-27-9-3-10-28-51)44-45-63(59)84-62-37-19-16-34-57(62)66-68(84)65-56-33-15-18-36-61(56)83(60-38-21-31-49-24-13-14-32-55(49)60)69(65)67-58-35-17-20-39-64(58)85-70(66)67/h1-46,74-75H,(H,77,79,80)(H,78,81,82). The summed E-state index contributed by atoms with van der Waals surface area (Å²) in [6.07, 6.45) is -1.04. The van der Waals surface area contributed by atoms with Crippen LogP contribution in [0.2, 0.25) is 0 Å². The monoisotopic (exact) mass is 1090 g/mol. The predicted molar refractivity (Wildman–Crippen MR) is 349 cm³/mol. The van der Waals surface area contributed by atoms with Gasteiger partial charge in [0.05, 0.1) is 44.2 Å². The molecular formula is C76H50N8O. The molecule has 2 unspecified atom stereocenters. The highest BCUT2D eigenvalue weighted by atomic mass is 16.3. The van der Waals surface area contributed by atoms with Crippen LogP contribution in [0, 0.1) is 0 Å². The molecule has 0 saturated carbocycles. The molecule has 3 aromatic heterocycles. The minimum atomic E-state index is -0.540. The van der Waals surface area contributed by atoms with E-state index in [1.165, 1.54) is 5.39 Å². The van der Waals surface area contributed by atoms with Crippen molar-refractivity contribution in [3.05, 3.63) is 312 Å². The summed E-state index contributed by atoms with van der Waals surface area (Å²) in [7, 11) is 0. The average molecular weight is 1090 g/mol. The number of hydrogen-bond donors (Lipinski definition) is 2. The Balaban J connectivity index is 0.974. The smallest absolute Gasteiger partial charge is 0.159 e. The summed E-state index contributed by atoms with van der Waals surface area (Å²) in [6, 6.07) is 98.1. The normalized spacial score (nSPS) is 15.3. The third kappa shape index (κ3) is 7.93. The molecule has 17 rings (SSSR count). The van der Waals surface area contributed by atoms with Crippen molar-refractivity contribution in [2.24, 2.45) is 20.0 Å². The number of fused-ring (bicyclic) bond motifs is 13. The second kappa shape index (κ2) is 19.6. The highest BCUT2D eigenvalue weighted by molar-refractivity contribution is 6.39. The van der Waals surface area contributed by atoms with Gasteiger partial charge in [-0.1, -0.05) is 243 Å². The van der Waals surface area contributed by atoms with E-state index in [4.69, 9.17) is 24.4 Å². The Morgan fingerprint density at radius 3 is 1.48 bits per heavy atom. The van der Waals surface area contributed by atoms with E-state index in [0.717, 1.165) is 133 Å². The lowest BCUT2D eigenvalue weighted by Gasteiger charge is -2.27. The van der Waals surface area contributed by atoms with Gasteiger partial charge < -0.3 is 24.2 Å². The van der Waals surface area contributed by atoms with Gasteiger partial charge in [-0.15, -0.1) is 0 Å². The second-order valence-corrected chi connectivity index (χ2v) is 21.7. The minimum Gasteiger partial charge on any atom is -0.455 e. The molecule has 12 aromatic carbocycles. The van der Waals surface area contributed by atoms with Gasteiger partial charge in [0.25, 0.3) is 0 Å². The molecule has 9 nitrogen and oxygen atoms in total. The molecule has 2 N–H and O–H groups in total. The molecule has 2 aliphatic rings. The summed E-state index contributed by atoms with van der Waals surface area (Å²) >= 11 is 0. The fourth-order valence-corrected chi connectivity index (χ4v) is 12.9. The topological polar surface area (TPSA) is 96.5 Å². The van der Waals surface area contributed by atoms with Crippen LogP contribution in [0.15, 0.2) is 303 Å². The molecule has 9 heteroatoms. The van der Waals surface area contributed by atoms with Crippen LogP contribution in [0.25, 0.3) is 98.8 Å². The highest BCUT2D eigenvalue weighted by Crippen LogP contribution is 2.50. The Morgan fingerprint density at radius 1 is 0.341 bits per heavy atom. The first-order chi connectivity index (χ1) is 42.2. The largest absolute Gasteiger partial charge is 0.455 e. The van der Waals surface area contributed by atoms with Crippen molar-refractivity contribution < 1.29 is 4.42 Å². The molecule has 85 heavy (non-hydrogen) atoms. The van der Waals surface area contributed by atoms with E-state index < -0.39 is 12.3 Å². The van der Waals surface area contributed by atoms with E-state index in [1.807, 2.05) is 60.7 Å². The number of rotatable bonds is 9. The number of aromatic nitrogens is 2. The van der Waals surface area contributed by atoms with Crippen molar-refractivity contribution in [3.63, 3.8) is 0 Å². The summed E-state index contributed by atoms with van der Waals surface area (Å²) in [5.41, 5.74) is 15.7. The van der Waals surface area contributed by atoms with Gasteiger partial charge in [0.1, 0.15) is 35.2 Å². The van der Waals surface area contributed by atoms with Crippen LogP contribution in [0.3, 0.4) is 0 Å². The average Bonchev–Trinajstić information content (AvgIpc) is 1.93. The number of aliphatic imine (C=N–C) groups is 4. The molecule has 0 amide bonds. The number of benzene rings is 12. The highest BCUT2D eigenvalue weighted by Gasteiger charge is 2.32. The quantitative estimate of drug-likeness (QED) is 0.151. The Morgan fingerprint density at radius 2 is 0.812 bits per heavy atom. The lowest BCUT2D eigenvalue weighted by molar-refractivity contribution is 0.669. The number of furan rings is 1. The Kier molecular flexibility index (Phi) is 11.2. The van der Waals surface area contributed by atoms with Gasteiger partial charge in [0.2, 0.25) is 0 Å². The molecular weight excluding hydrogens is 1040 g/mol. The van der Waals surface area contributed by atoms with Crippen molar-refractivity contribution in [2.75, 3.05) is 0 Å². The lowest BCUT2D eigenvalue weighted by atomic mass is 10.0. The molecule has 0 radical (unpaired) electrons. The van der Waals surface area contributed by atoms with Crippen molar-refractivity contribution in [3.8, 4) is 22.5 Å². The van der Waals surface area contributed by atoms with Crippen molar-refractivity contribution in [2.45, 2.75) is 12.3 Å². The van der Waals surface area contributed by atoms with Crippen molar-refractivity contribution in [1.29, 1.82) is 0 Å². The van der Waals surface area contributed by atoms with E-state index in [-0.39, 0.29) is 0 Å². The van der Waals surface area contributed by atoms with E-state index in [9.17, 15) is 0 Å². The molecule has 2 atom stereocenters. The summed E-state index contributed by atoms with van der Waals surface area (Å²) in [5, 5.41) is 16.5. The minimum absolute atomic E-state index is 0.505. The first-order valence-corrected chi connectivity index (χ1v) is 28.8. The fraction of sp³-hybridized carbons (Fsp3) is 0.0263. The molecule has 15 aromatic rings. The Hall–Kier alpha value is -11.4.